The first-order chi connectivity index (χ1) is 6.86. The quantitative estimate of drug-likeness (QED) is 0.674. The Bertz CT molecular complexity index is 376. The zero-order valence-corrected chi connectivity index (χ0v) is 7.95. The highest BCUT2D eigenvalue weighted by atomic mass is 16.5. The minimum absolute atomic E-state index is 0.0391. The van der Waals surface area contributed by atoms with Crippen LogP contribution in [-0.4, -0.2) is 13.2 Å². The molecule has 1 aromatic carbocycles. The summed E-state index contributed by atoms with van der Waals surface area (Å²) in [6, 6.07) is 4.08. The molecule has 0 amide bonds. The summed E-state index contributed by atoms with van der Waals surface area (Å²) in [6.07, 6.45) is 2.12. The lowest BCUT2D eigenvalue weighted by Crippen LogP contribution is -2.10. The Morgan fingerprint density at radius 3 is 3.14 bits per heavy atom. The SMILES string of the molecule is N[C@H]1COc2c1ccc1c2CCCO1. The van der Waals surface area contributed by atoms with E-state index >= 15 is 0 Å². The summed E-state index contributed by atoms with van der Waals surface area (Å²) in [5.41, 5.74) is 8.26. The molecule has 0 fully saturated rings. The number of fused-ring (bicyclic) bond motifs is 3. The molecule has 1 aromatic rings. The molecule has 0 saturated heterocycles. The van der Waals surface area contributed by atoms with E-state index in [1.807, 2.05) is 12.1 Å². The second-order valence-corrected chi connectivity index (χ2v) is 3.83. The first-order valence-electron chi connectivity index (χ1n) is 5.03. The molecular formula is C11H13NO2. The highest BCUT2D eigenvalue weighted by molar-refractivity contribution is 5.53. The van der Waals surface area contributed by atoms with Crippen LogP contribution in [0.25, 0.3) is 0 Å². The second-order valence-electron chi connectivity index (χ2n) is 3.83. The topological polar surface area (TPSA) is 44.5 Å². The van der Waals surface area contributed by atoms with Crippen molar-refractivity contribution >= 4 is 0 Å². The average molecular weight is 191 g/mol. The molecule has 0 aliphatic carbocycles. The van der Waals surface area contributed by atoms with Crippen molar-refractivity contribution in [2.45, 2.75) is 18.9 Å². The Kier molecular flexibility index (Phi) is 1.67. The standard InChI is InChI=1S/C11H13NO2/c12-9-6-14-11-7(9)3-4-10-8(11)2-1-5-13-10/h3-4,9H,1-2,5-6,12H2/t9-/m0/s1. The summed E-state index contributed by atoms with van der Waals surface area (Å²) in [5, 5.41) is 0. The highest BCUT2D eigenvalue weighted by Gasteiger charge is 2.26. The highest BCUT2D eigenvalue weighted by Crippen LogP contribution is 2.41. The van der Waals surface area contributed by atoms with Gasteiger partial charge in [0, 0.05) is 11.1 Å². The van der Waals surface area contributed by atoms with Gasteiger partial charge in [-0.05, 0) is 25.0 Å². The third kappa shape index (κ3) is 1.02. The van der Waals surface area contributed by atoms with Crippen molar-refractivity contribution in [2.24, 2.45) is 5.73 Å². The van der Waals surface area contributed by atoms with Gasteiger partial charge in [0.15, 0.2) is 0 Å². The number of nitrogens with two attached hydrogens (primary N) is 1. The Morgan fingerprint density at radius 1 is 1.29 bits per heavy atom. The minimum Gasteiger partial charge on any atom is -0.493 e. The summed E-state index contributed by atoms with van der Waals surface area (Å²) >= 11 is 0. The summed E-state index contributed by atoms with van der Waals surface area (Å²) in [7, 11) is 0. The number of hydrogen-bond acceptors (Lipinski definition) is 3. The van der Waals surface area contributed by atoms with Gasteiger partial charge in [0.05, 0.1) is 12.6 Å². The van der Waals surface area contributed by atoms with Gasteiger partial charge < -0.3 is 15.2 Å². The smallest absolute Gasteiger partial charge is 0.131 e. The van der Waals surface area contributed by atoms with Crippen LogP contribution in [0.3, 0.4) is 0 Å². The van der Waals surface area contributed by atoms with Gasteiger partial charge in [-0.25, -0.2) is 0 Å². The average Bonchev–Trinajstić information content (AvgIpc) is 2.61. The van der Waals surface area contributed by atoms with Crippen LogP contribution in [0, 0.1) is 0 Å². The lowest BCUT2D eigenvalue weighted by molar-refractivity contribution is 0.278. The molecule has 2 aliphatic heterocycles. The zero-order valence-electron chi connectivity index (χ0n) is 7.95. The third-order valence-corrected chi connectivity index (χ3v) is 2.88. The number of ether oxygens (including phenoxy) is 2. The van der Waals surface area contributed by atoms with Crippen molar-refractivity contribution in [3.05, 3.63) is 23.3 Å². The van der Waals surface area contributed by atoms with Crippen molar-refractivity contribution in [1.29, 1.82) is 0 Å². The molecule has 74 valence electrons. The third-order valence-electron chi connectivity index (χ3n) is 2.88. The summed E-state index contributed by atoms with van der Waals surface area (Å²) in [5.74, 6) is 1.96. The van der Waals surface area contributed by atoms with Crippen LogP contribution < -0.4 is 15.2 Å². The normalized spacial score (nSPS) is 23.4. The Balaban J connectivity index is 2.15. The molecule has 0 radical (unpaired) electrons. The van der Waals surface area contributed by atoms with E-state index in [2.05, 4.69) is 0 Å². The van der Waals surface area contributed by atoms with Crippen molar-refractivity contribution < 1.29 is 9.47 Å². The van der Waals surface area contributed by atoms with Gasteiger partial charge in [0.2, 0.25) is 0 Å². The number of hydrogen-bond donors (Lipinski definition) is 1. The van der Waals surface area contributed by atoms with E-state index in [1.54, 1.807) is 0 Å². The fourth-order valence-electron chi connectivity index (χ4n) is 2.16. The van der Waals surface area contributed by atoms with Crippen LogP contribution in [-0.2, 0) is 6.42 Å². The maximum absolute atomic E-state index is 5.91. The zero-order chi connectivity index (χ0) is 9.54. The lowest BCUT2D eigenvalue weighted by Gasteiger charge is -2.19. The Labute approximate surface area is 82.8 Å². The van der Waals surface area contributed by atoms with Crippen LogP contribution in [0.5, 0.6) is 11.5 Å². The molecule has 0 bridgehead atoms. The van der Waals surface area contributed by atoms with E-state index in [1.165, 1.54) is 5.56 Å². The van der Waals surface area contributed by atoms with E-state index in [4.69, 9.17) is 15.2 Å². The number of benzene rings is 1. The molecule has 3 rings (SSSR count). The monoisotopic (exact) mass is 191 g/mol. The molecule has 3 heteroatoms. The van der Waals surface area contributed by atoms with Gasteiger partial charge >= 0.3 is 0 Å². The molecule has 0 aromatic heterocycles. The van der Waals surface area contributed by atoms with Gasteiger partial charge in [-0.3, -0.25) is 0 Å². The molecule has 0 unspecified atom stereocenters. The van der Waals surface area contributed by atoms with Crippen LogP contribution in [0.15, 0.2) is 12.1 Å². The predicted octanol–water partition coefficient (Wildman–Crippen LogP) is 1.40. The second kappa shape index (κ2) is 2.89. The predicted molar refractivity (Wildman–Crippen MR) is 52.7 cm³/mol. The van der Waals surface area contributed by atoms with Gasteiger partial charge in [-0.2, -0.15) is 0 Å². The van der Waals surface area contributed by atoms with E-state index in [0.29, 0.717) is 6.61 Å². The summed E-state index contributed by atoms with van der Waals surface area (Å²) < 4.78 is 11.2. The first kappa shape index (κ1) is 8.12. The van der Waals surface area contributed by atoms with Crippen LogP contribution in [0.2, 0.25) is 0 Å². The van der Waals surface area contributed by atoms with Gasteiger partial charge in [-0.1, -0.05) is 0 Å². The molecule has 14 heavy (non-hydrogen) atoms. The van der Waals surface area contributed by atoms with E-state index in [9.17, 15) is 0 Å². The molecule has 1 atom stereocenters. The lowest BCUT2D eigenvalue weighted by atomic mass is 10.00. The minimum atomic E-state index is 0.0391. The fourth-order valence-corrected chi connectivity index (χ4v) is 2.16. The van der Waals surface area contributed by atoms with Gasteiger partial charge in [-0.15, -0.1) is 0 Å². The van der Waals surface area contributed by atoms with Crippen LogP contribution in [0.4, 0.5) is 0 Å². The Morgan fingerprint density at radius 2 is 2.21 bits per heavy atom. The van der Waals surface area contributed by atoms with Crippen molar-refractivity contribution in [2.75, 3.05) is 13.2 Å². The molecule has 2 N–H and O–H groups in total. The van der Waals surface area contributed by atoms with E-state index in [-0.39, 0.29) is 6.04 Å². The van der Waals surface area contributed by atoms with Crippen LogP contribution >= 0.6 is 0 Å². The van der Waals surface area contributed by atoms with E-state index < -0.39 is 0 Å². The first-order valence-corrected chi connectivity index (χ1v) is 5.03. The maximum atomic E-state index is 5.91. The van der Waals surface area contributed by atoms with Crippen molar-refractivity contribution in [3.63, 3.8) is 0 Å². The molecule has 0 saturated carbocycles. The maximum Gasteiger partial charge on any atom is 0.131 e. The molecule has 2 aliphatic rings. The van der Waals surface area contributed by atoms with Gasteiger partial charge in [0.25, 0.3) is 0 Å². The fraction of sp³-hybridized carbons (Fsp3) is 0.455. The largest absolute Gasteiger partial charge is 0.493 e. The summed E-state index contributed by atoms with van der Waals surface area (Å²) in [6.45, 7) is 1.42. The van der Waals surface area contributed by atoms with E-state index in [0.717, 1.165) is 36.5 Å². The Hall–Kier alpha value is -1.22. The van der Waals surface area contributed by atoms with Crippen LogP contribution in [0.1, 0.15) is 23.6 Å². The molecular weight excluding hydrogens is 178 g/mol. The summed E-state index contributed by atoms with van der Waals surface area (Å²) in [4.78, 5) is 0. The molecule has 2 heterocycles. The molecule has 0 spiro atoms. The van der Waals surface area contributed by atoms with Crippen molar-refractivity contribution in [3.8, 4) is 11.5 Å². The number of rotatable bonds is 0. The molecule has 3 nitrogen and oxygen atoms in total. The van der Waals surface area contributed by atoms with Crippen molar-refractivity contribution in [1.82, 2.24) is 0 Å². The van der Waals surface area contributed by atoms with Gasteiger partial charge in [0.1, 0.15) is 18.1 Å².